The molecule has 2 N–H and O–H groups in total. The number of amides is 2. The number of nitrogens with one attached hydrogen (secondary N) is 1. The van der Waals surface area contributed by atoms with E-state index in [-0.39, 0.29) is 49.9 Å². The zero-order chi connectivity index (χ0) is 24.4. The van der Waals surface area contributed by atoms with E-state index in [0.717, 1.165) is 11.1 Å². The molecule has 7 nitrogen and oxygen atoms in total. The average molecular weight is 457 g/mol. The quantitative estimate of drug-likeness (QED) is 0.372. The predicted molar refractivity (Wildman–Crippen MR) is 127 cm³/mol. The van der Waals surface area contributed by atoms with Gasteiger partial charge in [-0.2, -0.15) is 0 Å². The SMILES string of the molecule is C=CCCC(=O)OCC(C)(C)NC(=O)C(CC=C)CC(=O)N1Cc2ccccc2CC1CO. The first-order valence-corrected chi connectivity index (χ1v) is 11.4. The van der Waals surface area contributed by atoms with Crippen LogP contribution in [-0.4, -0.2) is 52.6 Å². The van der Waals surface area contributed by atoms with Crippen LogP contribution in [0.25, 0.3) is 0 Å². The van der Waals surface area contributed by atoms with Crippen LogP contribution in [-0.2, 0) is 32.1 Å². The topological polar surface area (TPSA) is 95.9 Å². The van der Waals surface area contributed by atoms with E-state index in [9.17, 15) is 19.5 Å². The molecule has 2 unspecified atom stereocenters. The minimum atomic E-state index is -0.791. The fourth-order valence-corrected chi connectivity index (χ4v) is 3.88. The number of aliphatic hydroxyl groups excluding tert-OH is 1. The van der Waals surface area contributed by atoms with Crippen LogP contribution >= 0.6 is 0 Å². The molecule has 1 heterocycles. The van der Waals surface area contributed by atoms with Crippen LogP contribution in [0.3, 0.4) is 0 Å². The molecule has 0 fully saturated rings. The summed E-state index contributed by atoms with van der Waals surface area (Å²) in [6.07, 6.45) is 4.97. The Hall–Kier alpha value is -2.93. The minimum absolute atomic E-state index is 0.00568. The largest absolute Gasteiger partial charge is 0.463 e. The van der Waals surface area contributed by atoms with Crippen LogP contribution in [0.15, 0.2) is 49.6 Å². The van der Waals surface area contributed by atoms with Gasteiger partial charge in [-0.25, -0.2) is 0 Å². The van der Waals surface area contributed by atoms with Crippen molar-refractivity contribution < 1.29 is 24.2 Å². The lowest BCUT2D eigenvalue weighted by Crippen LogP contribution is -2.51. The molecule has 0 saturated heterocycles. The van der Waals surface area contributed by atoms with Gasteiger partial charge in [0, 0.05) is 19.4 Å². The molecule has 180 valence electrons. The van der Waals surface area contributed by atoms with E-state index < -0.39 is 11.5 Å². The third-order valence-electron chi connectivity index (χ3n) is 5.74. The van der Waals surface area contributed by atoms with Crippen LogP contribution in [0.1, 0.15) is 50.7 Å². The fourth-order valence-electron chi connectivity index (χ4n) is 3.88. The van der Waals surface area contributed by atoms with E-state index in [2.05, 4.69) is 18.5 Å². The molecule has 0 aromatic heterocycles. The second-order valence-electron chi connectivity index (χ2n) is 9.12. The number of carbonyl (C=O) groups excluding carboxylic acids is 3. The first-order chi connectivity index (χ1) is 15.7. The van der Waals surface area contributed by atoms with Crippen molar-refractivity contribution in [3.05, 3.63) is 60.7 Å². The van der Waals surface area contributed by atoms with Crippen LogP contribution in [0, 0.1) is 5.92 Å². The second kappa shape index (κ2) is 12.3. The molecule has 33 heavy (non-hydrogen) atoms. The van der Waals surface area contributed by atoms with Crippen molar-refractivity contribution >= 4 is 17.8 Å². The van der Waals surface area contributed by atoms with E-state index in [0.29, 0.717) is 25.8 Å². The lowest BCUT2D eigenvalue weighted by Gasteiger charge is -2.37. The Kier molecular flexibility index (Phi) is 9.85. The Labute approximate surface area is 196 Å². The molecular formula is C26H36N2O5. The number of ether oxygens (including phenoxy) is 1. The summed E-state index contributed by atoms with van der Waals surface area (Å²) in [6.45, 7) is 11.1. The Morgan fingerprint density at radius 3 is 2.58 bits per heavy atom. The first kappa shape index (κ1) is 26.3. The number of hydrogen-bond acceptors (Lipinski definition) is 5. The summed E-state index contributed by atoms with van der Waals surface area (Å²) in [5.41, 5.74) is 1.39. The van der Waals surface area contributed by atoms with Crippen molar-refractivity contribution in [3.8, 4) is 0 Å². The smallest absolute Gasteiger partial charge is 0.306 e. The maximum atomic E-state index is 13.2. The maximum absolute atomic E-state index is 13.2. The van der Waals surface area contributed by atoms with Gasteiger partial charge in [0.2, 0.25) is 11.8 Å². The maximum Gasteiger partial charge on any atom is 0.306 e. The Morgan fingerprint density at radius 2 is 1.94 bits per heavy atom. The van der Waals surface area contributed by atoms with Crippen LogP contribution in [0.4, 0.5) is 0 Å². The van der Waals surface area contributed by atoms with Gasteiger partial charge in [0.05, 0.1) is 24.1 Å². The number of rotatable bonds is 12. The molecule has 2 atom stereocenters. The summed E-state index contributed by atoms with van der Waals surface area (Å²) < 4.78 is 5.26. The van der Waals surface area contributed by atoms with Gasteiger partial charge in [0.25, 0.3) is 0 Å². The molecule has 0 aliphatic carbocycles. The number of esters is 1. The molecule has 7 heteroatoms. The third kappa shape index (κ3) is 7.86. The lowest BCUT2D eigenvalue weighted by molar-refractivity contribution is -0.146. The second-order valence-corrected chi connectivity index (χ2v) is 9.12. The number of benzene rings is 1. The average Bonchev–Trinajstić information content (AvgIpc) is 2.79. The molecule has 0 radical (unpaired) electrons. The minimum Gasteiger partial charge on any atom is -0.463 e. The Morgan fingerprint density at radius 1 is 1.24 bits per heavy atom. The molecule has 2 rings (SSSR count). The molecule has 0 bridgehead atoms. The molecular weight excluding hydrogens is 420 g/mol. The van der Waals surface area contributed by atoms with Crippen molar-refractivity contribution in [3.63, 3.8) is 0 Å². The molecule has 2 amide bonds. The van der Waals surface area contributed by atoms with Gasteiger partial charge in [-0.3, -0.25) is 14.4 Å². The van der Waals surface area contributed by atoms with E-state index in [1.54, 1.807) is 30.9 Å². The molecule has 1 aromatic carbocycles. The third-order valence-corrected chi connectivity index (χ3v) is 5.74. The van der Waals surface area contributed by atoms with Gasteiger partial charge < -0.3 is 20.1 Å². The summed E-state index contributed by atoms with van der Waals surface area (Å²) in [5.74, 6) is -1.44. The van der Waals surface area contributed by atoms with Crippen LogP contribution in [0.5, 0.6) is 0 Å². The number of carbonyl (C=O) groups is 3. The van der Waals surface area contributed by atoms with Crippen molar-refractivity contribution in [1.29, 1.82) is 0 Å². The van der Waals surface area contributed by atoms with Crippen molar-refractivity contribution in [2.75, 3.05) is 13.2 Å². The van der Waals surface area contributed by atoms with Crippen LogP contribution in [0.2, 0.25) is 0 Å². The summed E-state index contributed by atoms with van der Waals surface area (Å²) in [5, 5.41) is 12.8. The monoisotopic (exact) mass is 456 g/mol. The Balaban J connectivity index is 2.01. The number of hydrogen-bond donors (Lipinski definition) is 2. The predicted octanol–water partition coefficient (Wildman–Crippen LogP) is 2.92. The number of nitrogens with zero attached hydrogens (tertiary/aromatic N) is 1. The molecule has 1 aliphatic heterocycles. The molecule has 1 aliphatic rings. The highest BCUT2D eigenvalue weighted by Gasteiger charge is 2.33. The summed E-state index contributed by atoms with van der Waals surface area (Å²) in [7, 11) is 0. The molecule has 1 aromatic rings. The Bertz CT molecular complexity index is 864. The van der Waals surface area contributed by atoms with Crippen molar-refractivity contribution in [2.45, 2.75) is 64.1 Å². The van der Waals surface area contributed by atoms with Gasteiger partial charge in [-0.15, -0.1) is 13.2 Å². The van der Waals surface area contributed by atoms with Gasteiger partial charge in [-0.05, 0) is 44.2 Å². The number of fused-ring (bicyclic) bond motifs is 1. The van der Waals surface area contributed by atoms with E-state index in [1.807, 2.05) is 24.3 Å². The van der Waals surface area contributed by atoms with E-state index in [4.69, 9.17) is 4.74 Å². The van der Waals surface area contributed by atoms with Crippen molar-refractivity contribution in [2.24, 2.45) is 5.92 Å². The molecule has 0 spiro atoms. The zero-order valence-corrected chi connectivity index (χ0v) is 19.7. The standard InChI is InChI=1S/C26H36N2O5/c1-5-7-13-24(31)33-18-26(3,4)27-25(32)20(10-6-2)15-23(30)28-16-21-12-9-8-11-19(21)14-22(28)17-29/h5-6,8-9,11-12,20,22,29H,1-2,7,10,13-18H2,3-4H3,(H,27,32). The highest BCUT2D eigenvalue weighted by atomic mass is 16.5. The number of allylic oxidation sites excluding steroid dienone is 2. The lowest BCUT2D eigenvalue weighted by atomic mass is 9.92. The van der Waals surface area contributed by atoms with Gasteiger partial charge >= 0.3 is 5.97 Å². The van der Waals surface area contributed by atoms with Crippen molar-refractivity contribution in [1.82, 2.24) is 10.2 Å². The van der Waals surface area contributed by atoms with Gasteiger partial charge in [0.15, 0.2) is 0 Å². The summed E-state index contributed by atoms with van der Waals surface area (Å²) in [4.78, 5) is 39.6. The highest BCUT2D eigenvalue weighted by molar-refractivity contribution is 5.86. The highest BCUT2D eigenvalue weighted by Crippen LogP contribution is 2.25. The zero-order valence-electron chi connectivity index (χ0n) is 19.7. The van der Waals surface area contributed by atoms with E-state index >= 15 is 0 Å². The van der Waals surface area contributed by atoms with Gasteiger partial charge in [-0.1, -0.05) is 36.4 Å². The first-order valence-electron chi connectivity index (χ1n) is 11.4. The summed E-state index contributed by atoms with van der Waals surface area (Å²) in [6, 6.07) is 7.57. The summed E-state index contributed by atoms with van der Waals surface area (Å²) >= 11 is 0. The van der Waals surface area contributed by atoms with E-state index in [1.165, 1.54) is 0 Å². The van der Waals surface area contributed by atoms with Crippen LogP contribution < -0.4 is 5.32 Å². The number of aliphatic hydroxyl groups is 1. The molecule has 0 saturated carbocycles. The van der Waals surface area contributed by atoms with Gasteiger partial charge in [0.1, 0.15) is 6.61 Å². The fraction of sp³-hybridized carbons (Fsp3) is 0.500. The normalized spacial score (nSPS) is 16.3.